The third-order valence-electron chi connectivity index (χ3n) is 2.99. The van der Waals surface area contributed by atoms with Gasteiger partial charge in [0.05, 0.1) is 18.8 Å². The first-order valence-electron chi connectivity index (χ1n) is 5.81. The molecule has 0 spiro atoms. The molecular weight excluding hydrogens is 218 g/mol. The molecule has 1 aromatic rings. The highest BCUT2D eigenvalue weighted by Crippen LogP contribution is 2.32. The molecule has 4 nitrogen and oxygen atoms in total. The fourth-order valence-corrected chi connectivity index (χ4v) is 1.77. The molecule has 1 atom stereocenters. The first-order chi connectivity index (χ1) is 8.22. The van der Waals surface area contributed by atoms with E-state index in [9.17, 15) is 9.90 Å². The van der Waals surface area contributed by atoms with E-state index in [1.54, 1.807) is 18.2 Å². The van der Waals surface area contributed by atoms with E-state index in [-0.39, 0.29) is 5.91 Å². The van der Waals surface area contributed by atoms with Crippen LogP contribution >= 0.6 is 0 Å². The van der Waals surface area contributed by atoms with Crippen LogP contribution in [0.1, 0.15) is 23.2 Å². The Bertz CT molecular complexity index is 401. The summed E-state index contributed by atoms with van der Waals surface area (Å²) in [6.45, 7) is 0.307. The minimum atomic E-state index is -0.423. The van der Waals surface area contributed by atoms with Crippen LogP contribution in [0.25, 0.3) is 0 Å². The number of benzene rings is 1. The van der Waals surface area contributed by atoms with Gasteiger partial charge in [0.1, 0.15) is 5.75 Å². The molecule has 4 heteroatoms. The van der Waals surface area contributed by atoms with Gasteiger partial charge in [-0.05, 0) is 30.9 Å². The zero-order valence-electron chi connectivity index (χ0n) is 9.85. The molecule has 0 aliphatic heterocycles. The quantitative estimate of drug-likeness (QED) is 0.806. The van der Waals surface area contributed by atoms with Gasteiger partial charge in [0.2, 0.25) is 0 Å². The Morgan fingerprint density at radius 2 is 2.24 bits per heavy atom. The molecule has 1 amide bonds. The minimum Gasteiger partial charge on any atom is -0.496 e. The Kier molecular flexibility index (Phi) is 3.64. The summed E-state index contributed by atoms with van der Waals surface area (Å²) in [4.78, 5) is 11.9. The van der Waals surface area contributed by atoms with Crippen molar-refractivity contribution in [2.75, 3.05) is 13.7 Å². The maximum absolute atomic E-state index is 11.9. The summed E-state index contributed by atoms with van der Waals surface area (Å²) in [6, 6.07) is 7.05. The Morgan fingerprint density at radius 1 is 1.53 bits per heavy atom. The summed E-state index contributed by atoms with van der Waals surface area (Å²) in [5.41, 5.74) is 0.498. The number of methoxy groups -OCH3 is 1. The maximum Gasteiger partial charge on any atom is 0.255 e. The number of nitrogens with one attached hydrogen (secondary N) is 1. The lowest BCUT2D eigenvalue weighted by Crippen LogP contribution is -2.33. The molecule has 1 aromatic carbocycles. The molecule has 0 bridgehead atoms. The van der Waals surface area contributed by atoms with Gasteiger partial charge in [0, 0.05) is 6.54 Å². The fraction of sp³-hybridized carbons (Fsp3) is 0.462. The monoisotopic (exact) mass is 235 g/mol. The summed E-state index contributed by atoms with van der Waals surface area (Å²) in [5.74, 6) is 0.709. The van der Waals surface area contributed by atoms with Gasteiger partial charge in [-0.1, -0.05) is 12.1 Å². The number of aliphatic hydroxyl groups excluding tert-OH is 1. The molecule has 1 saturated carbocycles. The summed E-state index contributed by atoms with van der Waals surface area (Å²) in [7, 11) is 1.53. The highest BCUT2D eigenvalue weighted by molar-refractivity contribution is 5.96. The second-order valence-electron chi connectivity index (χ2n) is 4.32. The molecular formula is C13H17NO3. The zero-order valence-corrected chi connectivity index (χ0v) is 9.85. The van der Waals surface area contributed by atoms with Gasteiger partial charge in [-0.3, -0.25) is 4.79 Å². The largest absolute Gasteiger partial charge is 0.496 e. The second kappa shape index (κ2) is 5.19. The lowest BCUT2D eigenvalue weighted by Gasteiger charge is -2.12. The number of amides is 1. The Hall–Kier alpha value is -1.55. The minimum absolute atomic E-state index is 0.206. The molecule has 0 aromatic heterocycles. The van der Waals surface area contributed by atoms with Crippen LogP contribution in [-0.2, 0) is 0 Å². The highest BCUT2D eigenvalue weighted by atomic mass is 16.5. The Labute approximate surface area is 101 Å². The molecule has 0 saturated heterocycles. The normalized spacial score (nSPS) is 16.4. The van der Waals surface area contributed by atoms with Crippen LogP contribution in [0, 0.1) is 5.92 Å². The van der Waals surface area contributed by atoms with Crippen molar-refractivity contribution >= 4 is 5.91 Å². The van der Waals surface area contributed by atoms with E-state index in [0.717, 1.165) is 12.8 Å². The van der Waals surface area contributed by atoms with E-state index < -0.39 is 6.10 Å². The van der Waals surface area contributed by atoms with Crippen molar-refractivity contribution in [2.45, 2.75) is 18.9 Å². The summed E-state index contributed by atoms with van der Waals surface area (Å²) < 4.78 is 5.11. The molecule has 2 N–H and O–H groups in total. The third kappa shape index (κ3) is 2.97. The number of aliphatic hydroxyl groups is 1. The van der Waals surface area contributed by atoms with E-state index in [0.29, 0.717) is 23.8 Å². The molecule has 92 valence electrons. The maximum atomic E-state index is 11.9. The van der Waals surface area contributed by atoms with Crippen molar-refractivity contribution in [3.63, 3.8) is 0 Å². The second-order valence-corrected chi connectivity index (χ2v) is 4.32. The molecule has 17 heavy (non-hydrogen) atoms. The van der Waals surface area contributed by atoms with E-state index >= 15 is 0 Å². The molecule has 0 radical (unpaired) electrons. The van der Waals surface area contributed by atoms with Crippen LogP contribution in [-0.4, -0.2) is 30.8 Å². The van der Waals surface area contributed by atoms with Crippen molar-refractivity contribution in [1.82, 2.24) is 5.32 Å². The number of carbonyl (C=O) groups is 1. The summed E-state index contributed by atoms with van der Waals surface area (Å²) in [6.07, 6.45) is 1.70. The van der Waals surface area contributed by atoms with Gasteiger partial charge in [-0.15, -0.1) is 0 Å². The fourth-order valence-electron chi connectivity index (χ4n) is 1.77. The molecule has 1 aliphatic carbocycles. The average Bonchev–Trinajstić information content (AvgIpc) is 3.19. The topological polar surface area (TPSA) is 58.6 Å². The number of hydrogen-bond donors (Lipinski definition) is 2. The Balaban J connectivity index is 1.94. The van der Waals surface area contributed by atoms with Crippen molar-refractivity contribution in [1.29, 1.82) is 0 Å². The summed E-state index contributed by atoms with van der Waals surface area (Å²) >= 11 is 0. The van der Waals surface area contributed by atoms with Crippen LogP contribution in [0.15, 0.2) is 24.3 Å². The number of para-hydroxylation sites is 1. The zero-order chi connectivity index (χ0) is 12.3. The van der Waals surface area contributed by atoms with Gasteiger partial charge < -0.3 is 15.2 Å². The van der Waals surface area contributed by atoms with Crippen molar-refractivity contribution in [3.8, 4) is 5.75 Å². The predicted molar refractivity (Wildman–Crippen MR) is 64.1 cm³/mol. The molecule has 0 heterocycles. The van der Waals surface area contributed by atoms with Gasteiger partial charge in [0.15, 0.2) is 0 Å². The molecule has 1 aliphatic rings. The van der Waals surface area contributed by atoms with Gasteiger partial charge in [-0.25, -0.2) is 0 Å². The average molecular weight is 235 g/mol. The number of rotatable bonds is 5. The van der Waals surface area contributed by atoms with E-state index in [1.165, 1.54) is 7.11 Å². The summed E-state index contributed by atoms with van der Waals surface area (Å²) in [5, 5.41) is 12.4. The van der Waals surface area contributed by atoms with Crippen molar-refractivity contribution in [3.05, 3.63) is 29.8 Å². The van der Waals surface area contributed by atoms with Crippen LogP contribution in [0.2, 0.25) is 0 Å². The highest BCUT2D eigenvalue weighted by Gasteiger charge is 2.29. The van der Waals surface area contributed by atoms with Crippen LogP contribution in [0.4, 0.5) is 0 Å². The predicted octanol–water partition coefficient (Wildman–Crippen LogP) is 1.20. The third-order valence-corrected chi connectivity index (χ3v) is 2.99. The van der Waals surface area contributed by atoms with E-state index in [2.05, 4.69) is 5.32 Å². The van der Waals surface area contributed by atoms with Crippen LogP contribution < -0.4 is 10.1 Å². The van der Waals surface area contributed by atoms with Gasteiger partial charge >= 0.3 is 0 Å². The first-order valence-corrected chi connectivity index (χ1v) is 5.81. The standard InChI is InChI=1S/C13H17NO3/c1-17-12-5-3-2-4-10(12)13(16)14-8-11(15)9-6-7-9/h2-5,9,11,15H,6-8H2,1H3,(H,14,16). The van der Waals surface area contributed by atoms with E-state index in [1.807, 2.05) is 6.07 Å². The number of ether oxygens (including phenoxy) is 1. The van der Waals surface area contributed by atoms with Crippen molar-refractivity contribution < 1.29 is 14.6 Å². The van der Waals surface area contributed by atoms with E-state index in [4.69, 9.17) is 4.74 Å². The van der Waals surface area contributed by atoms with Crippen LogP contribution in [0.3, 0.4) is 0 Å². The van der Waals surface area contributed by atoms with Gasteiger partial charge in [0.25, 0.3) is 5.91 Å². The Morgan fingerprint density at radius 3 is 2.88 bits per heavy atom. The number of carbonyl (C=O) groups excluding carboxylic acids is 1. The SMILES string of the molecule is COc1ccccc1C(=O)NCC(O)C1CC1. The lowest BCUT2D eigenvalue weighted by atomic mass is 10.1. The van der Waals surface area contributed by atoms with Gasteiger partial charge in [-0.2, -0.15) is 0 Å². The lowest BCUT2D eigenvalue weighted by molar-refractivity contribution is 0.0898. The molecule has 1 unspecified atom stereocenters. The molecule has 2 rings (SSSR count). The smallest absolute Gasteiger partial charge is 0.255 e. The molecule has 1 fully saturated rings. The first kappa shape index (κ1) is 11.9. The van der Waals surface area contributed by atoms with Crippen LogP contribution in [0.5, 0.6) is 5.75 Å². The van der Waals surface area contributed by atoms with Crippen molar-refractivity contribution in [2.24, 2.45) is 5.92 Å². The number of hydrogen-bond acceptors (Lipinski definition) is 3.